The van der Waals surface area contributed by atoms with Gasteiger partial charge in [-0.2, -0.15) is 0 Å². The monoisotopic (exact) mass is 268 g/mol. The number of methoxy groups -OCH3 is 1. The number of hydrogen-bond acceptors (Lipinski definition) is 3. The van der Waals surface area contributed by atoms with Crippen LogP contribution in [0.15, 0.2) is 18.2 Å². The van der Waals surface area contributed by atoms with Crippen molar-refractivity contribution in [2.24, 2.45) is 0 Å². The topological polar surface area (TPSA) is 38.7 Å². The summed E-state index contributed by atoms with van der Waals surface area (Å²) in [4.78, 5) is 0. The number of benzene rings is 1. The third-order valence-electron chi connectivity index (χ3n) is 3.59. The quantitative estimate of drug-likeness (QED) is 0.861. The minimum absolute atomic E-state index is 0.261. The maximum atomic E-state index is 13.8. The summed E-state index contributed by atoms with van der Waals surface area (Å²) in [5, 5.41) is 10.1. The SMILES string of the molecule is COc1cccc(F)c1C(O)CCCC1CCCO1. The van der Waals surface area contributed by atoms with Gasteiger partial charge < -0.3 is 14.6 Å². The van der Waals surface area contributed by atoms with E-state index in [0.717, 1.165) is 32.3 Å². The lowest BCUT2D eigenvalue weighted by molar-refractivity contribution is 0.0936. The van der Waals surface area contributed by atoms with Crippen molar-refractivity contribution in [2.45, 2.75) is 44.3 Å². The molecule has 1 aliphatic heterocycles. The Kier molecular flexibility index (Phi) is 5.16. The molecule has 19 heavy (non-hydrogen) atoms. The standard InChI is InChI=1S/C15H21FO3/c1-18-14-9-3-7-12(16)15(14)13(17)8-2-5-11-6-4-10-19-11/h3,7,9,11,13,17H,2,4-6,8,10H2,1H3. The van der Waals surface area contributed by atoms with Crippen molar-refractivity contribution in [1.29, 1.82) is 0 Å². The second-order valence-corrected chi connectivity index (χ2v) is 4.94. The highest BCUT2D eigenvalue weighted by Gasteiger charge is 2.20. The molecule has 1 fully saturated rings. The van der Waals surface area contributed by atoms with Gasteiger partial charge in [0.1, 0.15) is 11.6 Å². The van der Waals surface area contributed by atoms with E-state index in [9.17, 15) is 9.50 Å². The van der Waals surface area contributed by atoms with Gasteiger partial charge in [0, 0.05) is 6.61 Å². The first-order valence-corrected chi connectivity index (χ1v) is 6.84. The Morgan fingerprint density at radius 2 is 2.37 bits per heavy atom. The zero-order valence-electron chi connectivity index (χ0n) is 11.3. The summed E-state index contributed by atoms with van der Waals surface area (Å²) in [6.07, 6.45) is 3.98. The molecule has 0 aliphatic carbocycles. The second kappa shape index (κ2) is 6.87. The number of aliphatic hydroxyl groups is 1. The number of halogens is 1. The lowest BCUT2D eigenvalue weighted by atomic mass is 10.0. The summed E-state index contributed by atoms with van der Waals surface area (Å²) in [5.41, 5.74) is 0.261. The first-order chi connectivity index (χ1) is 9.22. The predicted octanol–water partition coefficient (Wildman–Crippen LogP) is 3.22. The van der Waals surface area contributed by atoms with E-state index in [1.165, 1.54) is 13.2 Å². The van der Waals surface area contributed by atoms with Crippen molar-refractivity contribution in [3.05, 3.63) is 29.6 Å². The molecule has 106 valence electrons. The van der Waals surface area contributed by atoms with Gasteiger partial charge in [0.25, 0.3) is 0 Å². The molecule has 0 bridgehead atoms. The molecule has 1 aromatic carbocycles. The smallest absolute Gasteiger partial charge is 0.132 e. The largest absolute Gasteiger partial charge is 0.496 e. The highest BCUT2D eigenvalue weighted by atomic mass is 19.1. The summed E-state index contributed by atoms with van der Waals surface area (Å²) >= 11 is 0. The van der Waals surface area contributed by atoms with Gasteiger partial charge in [-0.05, 0) is 44.2 Å². The van der Waals surface area contributed by atoms with Gasteiger partial charge in [-0.3, -0.25) is 0 Å². The maximum absolute atomic E-state index is 13.8. The molecule has 1 aliphatic rings. The van der Waals surface area contributed by atoms with Crippen LogP contribution in [-0.4, -0.2) is 24.9 Å². The fourth-order valence-corrected chi connectivity index (χ4v) is 2.57. The normalized spacial score (nSPS) is 20.5. The van der Waals surface area contributed by atoms with Crippen LogP contribution < -0.4 is 4.74 Å². The molecule has 2 rings (SSSR count). The third-order valence-corrected chi connectivity index (χ3v) is 3.59. The average Bonchev–Trinajstić information content (AvgIpc) is 2.91. The molecule has 4 heteroatoms. The van der Waals surface area contributed by atoms with Crippen LogP contribution in [0.3, 0.4) is 0 Å². The molecule has 2 atom stereocenters. The molecular weight excluding hydrogens is 247 g/mol. The van der Waals surface area contributed by atoms with E-state index in [-0.39, 0.29) is 5.56 Å². The summed E-state index contributed by atoms with van der Waals surface area (Å²) in [6, 6.07) is 4.60. The minimum atomic E-state index is -0.822. The van der Waals surface area contributed by atoms with Gasteiger partial charge in [0.15, 0.2) is 0 Å². The Hall–Kier alpha value is -1.13. The summed E-state index contributed by atoms with van der Waals surface area (Å²) in [7, 11) is 1.48. The van der Waals surface area contributed by atoms with E-state index in [0.29, 0.717) is 18.3 Å². The first kappa shape index (κ1) is 14.3. The van der Waals surface area contributed by atoms with Crippen LogP contribution in [0.5, 0.6) is 5.75 Å². The zero-order chi connectivity index (χ0) is 13.7. The molecular formula is C15H21FO3. The molecule has 1 heterocycles. The van der Waals surface area contributed by atoms with Gasteiger partial charge in [-0.1, -0.05) is 6.07 Å². The Balaban J connectivity index is 1.90. The summed E-state index contributed by atoms with van der Waals surface area (Å²) < 4.78 is 24.4. The van der Waals surface area contributed by atoms with Gasteiger partial charge >= 0.3 is 0 Å². The Bertz CT molecular complexity index is 402. The number of hydrogen-bond donors (Lipinski definition) is 1. The highest BCUT2D eigenvalue weighted by Crippen LogP contribution is 2.31. The minimum Gasteiger partial charge on any atom is -0.496 e. The fraction of sp³-hybridized carbons (Fsp3) is 0.600. The van der Waals surface area contributed by atoms with Crippen molar-refractivity contribution >= 4 is 0 Å². The molecule has 1 saturated heterocycles. The van der Waals surface area contributed by atoms with Crippen LogP contribution in [0, 0.1) is 5.82 Å². The molecule has 0 spiro atoms. The molecule has 0 amide bonds. The van der Waals surface area contributed by atoms with Crippen LogP contribution >= 0.6 is 0 Å². The van der Waals surface area contributed by atoms with E-state index < -0.39 is 11.9 Å². The number of aliphatic hydroxyl groups excluding tert-OH is 1. The Morgan fingerprint density at radius 3 is 3.05 bits per heavy atom. The molecule has 1 aromatic rings. The van der Waals surface area contributed by atoms with Gasteiger partial charge in [0.05, 0.1) is 24.9 Å². The molecule has 3 nitrogen and oxygen atoms in total. The number of ether oxygens (including phenoxy) is 2. The molecule has 0 radical (unpaired) electrons. The average molecular weight is 268 g/mol. The lowest BCUT2D eigenvalue weighted by Gasteiger charge is -2.16. The van der Waals surface area contributed by atoms with E-state index in [1.807, 2.05) is 0 Å². The first-order valence-electron chi connectivity index (χ1n) is 6.84. The van der Waals surface area contributed by atoms with E-state index >= 15 is 0 Å². The van der Waals surface area contributed by atoms with E-state index in [2.05, 4.69) is 0 Å². The van der Waals surface area contributed by atoms with Crippen molar-refractivity contribution in [3.8, 4) is 5.75 Å². The van der Waals surface area contributed by atoms with Crippen molar-refractivity contribution in [1.82, 2.24) is 0 Å². The zero-order valence-corrected chi connectivity index (χ0v) is 11.3. The van der Waals surface area contributed by atoms with Gasteiger partial charge in [-0.25, -0.2) is 4.39 Å². The Labute approximate surface area is 113 Å². The molecule has 2 unspecified atom stereocenters. The van der Waals surface area contributed by atoms with Gasteiger partial charge in [0.2, 0.25) is 0 Å². The van der Waals surface area contributed by atoms with Crippen molar-refractivity contribution in [3.63, 3.8) is 0 Å². The van der Waals surface area contributed by atoms with E-state index in [4.69, 9.17) is 9.47 Å². The van der Waals surface area contributed by atoms with Crippen LogP contribution in [0.4, 0.5) is 4.39 Å². The Morgan fingerprint density at radius 1 is 1.53 bits per heavy atom. The maximum Gasteiger partial charge on any atom is 0.132 e. The van der Waals surface area contributed by atoms with Gasteiger partial charge in [-0.15, -0.1) is 0 Å². The number of rotatable bonds is 6. The lowest BCUT2D eigenvalue weighted by Crippen LogP contribution is -2.07. The highest BCUT2D eigenvalue weighted by molar-refractivity contribution is 5.36. The van der Waals surface area contributed by atoms with Crippen molar-refractivity contribution in [2.75, 3.05) is 13.7 Å². The molecule has 0 aromatic heterocycles. The van der Waals surface area contributed by atoms with E-state index in [1.54, 1.807) is 12.1 Å². The van der Waals surface area contributed by atoms with Crippen LogP contribution in [0.2, 0.25) is 0 Å². The fourth-order valence-electron chi connectivity index (χ4n) is 2.57. The summed E-state index contributed by atoms with van der Waals surface area (Å²) in [5.74, 6) is -0.00594. The molecule has 0 saturated carbocycles. The van der Waals surface area contributed by atoms with Crippen LogP contribution in [0.1, 0.15) is 43.8 Å². The third kappa shape index (κ3) is 3.67. The predicted molar refractivity (Wildman–Crippen MR) is 70.7 cm³/mol. The van der Waals surface area contributed by atoms with Crippen LogP contribution in [0.25, 0.3) is 0 Å². The summed E-state index contributed by atoms with van der Waals surface area (Å²) in [6.45, 7) is 0.842. The van der Waals surface area contributed by atoms with Crippen LogP contribution in [-0.2, 0) is 4.74 Å². The van der Waals surface area contributed by atoms with Crippen molar-refractivity contribution < 1.29 is 19.0 Å². The second-order valence-electron chi connectivity index (χ2n) is 4.94. The molecule has 1 N–H and O–H groups in total.